The number of hydrogen-bond donors (Lipinski definition) is 1. The lowest BCUT2D eigenvalue weighted by molar-refractivity contribution is 0.0924. The third kappa shape index (κ3) is 5.24. The van der Waals surface area contributed by atoms with Gasteiger partial charge in [-0.05, 0) is 61.8 Å². The van der Waals surface area contributed by atoms with Gasteiger partial charge in [0.05, 0.1) is 6.04 Å². The number of carbonyl (C=O) groups is 1. The maximum Gasteiger partial charge on any atom is 0.251 e. The van der Waals surface area contributed by atoms with Gasteiger partial charge in [0, 0.05) is 36.9 Å². The van der Waals surface area contributed by atoms with Gasteiger partial charge >= 0.3 is 0 Å². The van der Waals surface area contributed by atoms with Crippen molar-refractivity contribution in [3.05, 3.63) is 64.7 Å². The second kappa shape index (κ2) is 9.25. The van der Waals surface area contributed by atoms with Crippen LogP contribution in [0.5, 0.6) is 0 Å². The van der Waals surface area contributed by atoms with Crippen LogP contribution in [0, 0.1) is 0 Å². The number of anilines is 1. The Bertz CT molecular complexity index is 754. The van der Waals surface area contributed by atoms with Crippen LogP contribution in [0.3, 0.4) is 0 Å². The fourth-order valence-electron chi connectivity index (χ4n) is 3.60. The molecule has 1 atom stereocenters. The van der Waals surface area contributed by atoms with Crippen molar-refractivity contribution in [1.82, 2.24) is 10.2 Å². The molecule has 0 bridgehead atoms. The predicted octanol–water partition coefficient (Wildman–Crippen LogP) is 4.36. The Morgan fingerprint density at radius 2 is 1.81 bits per heavy atom. The van der Waals surface area contributed by atoms with Crippen molar-refractivity contribution in [3.63, 3.8) is 0 Å². The maximum atomic E-state index is 12.6. The second-order valence-corrected chi connectivity index (χ2v) is 7.76. The van der Waals surface area contributed by atoms with Gasteiger partial charge in [0.25, 0.3) is 5.91 Å². The van der Waals surface area contributed by atoms with Gasteiger partial charge in [-0.1, -0.05) is 36.2 Å². The first kappa shape index (κ1) is 19.7. The van der Waals surface area contributed by atoms with Crippen molar-refractivity contribution in [2.75, 3.05) is 38.6 Å². The zero-order valence-electron chi connectivity index (χ0n) is 16.1. The number of likely N-dealkylation sites (tertiary alicyclic amines) is 1. The minimum atomic E-state index is -0.0792. The topological polar surface area (TPSA) is 35.6 Å². The van der Waals surface area contributed by atoms with E-state index in [1.807, 2.05) is 14.1 Å². The molecule has 144 valence electrons. The highest BCUT2D eigenvalue weighted by Gasteiger charge is 2.23. The lowest BCUT2D eigenvalue weighted by Crippen LogP contribution is -2.40. The Morgan fingerprint density at radius 3 is 2.44 bits per heavy atom. The van der Waals surface area contributed by atoms with Crippen molar-refractivity contribution >= 4 is 23.2 Å². The van der Waals surface area contributed by atoms with Crippen LogP contribution in [0.1, 0.15) is 41.2 Å². The zero-order chi connectivity index (χ0) is 19.2. The predicted molar refractivity (Wildman–Crippen MR) is 113 cm³/mol. The monoisotopic (exact) mass is 385 g/mol. The summed E-state index contributed by atoms with van der Waals surface area (Å²) in [6.45, 7) is 2.74. The number of carbonyl (C=O) groups excluding carboxylic acids is 1. The number of piperidine rings is 1. The standard InChI is InChI=1S/C22H28ClN3O/c1-25(2)20-11-9-17(10-12-20)21(26-13-4-3-5-14-26)16-24-22(27)18-7-6-8-19(23)15-18/h6-12,15,21H,3-5,13-14,16H2,1-2H3,(H,24,27). The van der Waals surface area contributed by atoms with E-state index in [1.165, 1.54) is 30.5 Å². The lowest BCUT2D eigenvalue weighted by Gasteiger charge is -2.35. The van der Waals surface area contributed by atoms with E-state index in [1.54, 1.807) is 24.3 Å². The number of nitrogens with one attached hydrogen (secondary N) is 1. The molecule has 0 aliphatic carbocycles. The highest BCUT2D eigenvalue weighted by molar-refractivity contribution is 6.30. The molecule has 1 amide bonds. The second-order valence-electron chi connectivity index (χ2n) is 7.32. The largest absolute Gasteiger partial charge is 0.378 e. The Hall–Kier alpha value is -2.04. The summed E-state index contributed by atoms with van der Waals surface area (Å²) in [6, 6.07) is 15.9. The quantitative estimate of drug-likeness (QED) is 0.802. The molecule has 1 N–H and O–H groups in total. The molecule has 1 aliphatic heterocycles. The molecule has 27 heavy (non-hydrogen) atoms. The Balaban J connectivity index is 1.74. The van der Waals surface area contributed by atoms with E-state index in [0.717, 1.165) is 13.1 Å². The molecule has 4 nitrogen and oxygen atoms in total. The van der Waals surface area contributed by atoms with Crippen LogP contribution in [0.2, 0.25) is 5.02 Å². The average molecular weight is 386 g/mol. The van der Waals surface area contributed by atoms with Crippen molar-refractivity contribution in [1.29, 1.82) is 0 Å². The van der Waals surface area contributed by atoms with E-state index in [0.29, 0.717) is 17.1 Å². The lowest BCUT2D eigenvalue weighted by atomic mass is 10.0. The van der Waals surface area contributed by atoms with Crippen LogP contribution >= 0.6 is 11.6 Å². The number of hydrogen-bond acceptors (Lipinski definition) is 3. The van der Waals surface area contributed by atoms with Crippen molar-refractivity contribution < 1.29 is 4.79 Å². The molecule has 3 rings (SSSR count). The van der Waals surface area contributed by atoms with Gasteiger partial charge in [-0.2, -0.15) is 0 Å². The van der Waals surface area contributed by atoms with Crippen molar-refractivity contribution in [3.8, 4) is 0 Å². The smallest absolute Gasteiger partial charge is 0.251 e. The van der Waals surface area contributed by atoms with Gasteiger partial charge in [-0.3, -0.25) is 9.69 Å². The van der Waals surface area contributed by atoms with Crippen molar-refractivity contribution in [2.45, 2.75) is 25.3 Å². The number of benzene rings is 2. The van der Waals surface area contributed by atoms with E-state index >= 15 is 0 Å². The van der Waals surface area contributed by atoms with Crippen LogP contribution < -0.4 is 10.2 Å². The molecule has 1 saturated heterocycles. The minimum Gasteiger partial charge on any atom is -0.378 e. The molecule has 2 aromatic carbocycles. The highest BCUT2D eigenvalue weighted by atomic mass is 35.5. The maximum absolute atomic E-state index is 12.6. The number of rotatable bonds is 6. The van der Waals surface area contributed by atoms with Crippen LogP contribution in [-0.2, 0) is 0 Å². The zero-order valence-corrected chi connectivity index (χ0v) is 16.9. The summed E-state index contributed by atoms with van der Waals surface area (Å²) < 4.78 is 0. The average Bonchev–Trinajstić information content (AvgIpc) is 2.69. The van der Waals surface area contributed by atoms with Crippen LogP contribution in [0.15, 0.2) is 48.5 Å². The summed E-state index contributed by atoms with van der Waals surface area (Å²) in [6.07, 6.45) is 3.72. The summed E-state index contributed by atoms with van der Waals surface area (Å²) >= 11 is 6.02. The highest BCUT2D eigenvalue weighted by Crippen LogP contribution is 2.26. The Kier molecular flexibility index (Phi) is 6.75. The molecular weight excluding hydrogens is 358 g/mol. The first-order valence-electron chi connectivity index (χ1n) is 9.60. The van der Waals surface area contributed by atoms with E-state index in [9.17, 15) is 4.79 Å². The van der Waals surface area contributed by atoms with E-state index in [2.05, 4.69) is 39.4 Å². The third-order valence-electron chi connectivity index (χ3n) is 5.17. The molecule has 0 aromatic heterocycles. The van der Waals surface area contributed by atoms with Gasteiger partial charge in [0.15, 0.2) is 0 Å². The molecule has 1 aliphatic rings. The molecule has 1 fully saturated rings. The summed E-state index contributed by atoms with van der Waals surface area (Å²) in [5, 5.41) is 3.69. The fraction of sp³-hybridized carbons (Fsp3) is 0.409. The summed E-state index contributed by atoms with van der Waals surface area (Å²) in [5.74, 6) is -0.0792. The van der Waals surface area contributed by atoms with E-state index in [-0.39, 0.29) is 11.9 Å². The number of amides is 1. The van der Waals surface area contributed by atoms with Gasteiger partial charge in [-0.25, -0.2) is 0 Å². The third-order valence-corrected chi connectivity index (χ3v) is 5.40. The van der Waals surface area contributed by atoms with Crippen LogP contribution in [0.4, 0.5) is 5.69 Å². The summed E-state index contributed by atoms with van der Waals surface area (Å²) in [4.78, 5) is 17.2. The fourth-order valence-corrected chi connectivity index (χ4v) is 3.79. The Morgan fingerprint density at radius 1 is 1.11 bits per heavy atom. The van der Waals surface area contributed by atoms with Gasteiger partial charge in [-0.15, -0.1) is 0 Å². The van der Waals surface area contributed by atoms with Gasteiger partial charge < -0.3 is 10.2 Å². The first-order valence-corrected chi connectivity index (χ1v) is 9.97. The van der Waals surface area contributed by atoms with Gasteiger partial charge in [0.2, 0.25) is 0 Å². The molecule has 0 spiro atoms. The van der Waals surface area contributed by atoms with E-state index in [4.69, 9.17) is 11.6 Å². The Labute approximate surface area is 167 Å². The molecular formula is C22H28ClN3O. The first-order chi connectivity index (χ1) is 13.0. The molecule has 0 saturated carbocycles. The minimum absolute atomic E-state index is 0.0792. The molecule has 2 aromatic rings. The number of halogens is 1. The SMILES string of the molecule is CN(C)c1ccc(C(CNC(=O)c2cccc(Cl)c2)N2CCCCC2)cc1. The summed E-state index contributed by atoms with van der Waals surface area (Å²) in [5.41, 5.74) is 3.02. The summed E-state index contributed by atoms with van der Waals surface area (Å²) in [7, 11) is 4.09. The molecule has 0 radical (unpaired) electrons. The van der Waals surface area contributed by atoms with Crippen LogP contribution in [-0.4, -0.2) is 44.5 Å². The normalized spacial score (nSPS) is 16.0. The van der Waals surface area contributed by atoms with E-state index < -0.39 is 0 Å². The van der Waals surface area contributed by atoms with Gasteiger partial charge in [0.1, 0.15) is 0 Å². The molecule has 1 unspecified atom stereocenters. The van der Waals surface area contributed by atoms with Crippen molar-refractivity contribution in [2.24, 2.45) is 0 Å². The number of nitrogens with zero attached hydrogens (tertiary/aromatic N) is 2. The van der Waals surface area contributed by atoms with Crippen LogP contribution in [0.25, 0.3) is 0 Å². The molecule has 1 heterocycles. The molecule has 5 heteroatoms.